The number of carbonyl (C=O) groups is 3. The Morgan fingerprint density at radius 3 is 2.37 bits per heavy atom. The molecule has 0 aliphatic carbocycles. The van der Waals surface area contributed by atoms with Crippen molar-refractivity contribution in [1.29, 1.82) is 0 Å². The second-order valence-electron chi connectivity index (χ2n) is 9.50. The van der Waals surface area contributed by atoms with Gasteiger partial charge >= 0.3 is 6.18 Å². The number of hydrazone groups is 1. The molecule has 2 atom stereocenters. The van der Waals surface area contributed by atoms with Crippen LogP contribution < -0.4 is 0 Å². The fraction of sp³-hybridized carbons (Fsp3) is 0.241. The second-order valence-corrected chi connectivity index (χ2v) is 9.50. The Morgan fingerprint density at radius 1 is 1.05 bits per heavy atom. The molecule has 1 aliphatic heterocycles. The first kappa shape index (κ1) is 29.5. The van der Waals surface area contributed by atoms with Gasteiger partial charge in [-0.25, -0.2) is 13.2 Å². The third kappa shape index (κ3) is 7.00. The molecule has 0 radical (unpaired) electrons. The summed E-state index contributed by atoms with van der Waals surface area (Å²) in [7, 11) is 0. The molecule has 12 heteroatoms. The number of aldehydes is 1. The summed E-state index contributed by atoms with van der Waals surface area (Å²) in [4.78, 5) is 40.6. The molecule has 0 saturated carbocycles. The lowest BCUT2D eigenvalue weighted by Gasteiger charge is -2.19. The minimum atomic E-state index is -4.87. The van der Waals surface area contributed by atoms with Crippen molar-refractivity contribution < 1.29 is 45.4 Å². The van der Waals surface area contributed by atoms with Crippen molar-refractivity contribution in [2.75, 3.05) is 6.54 Å². The highest BCUT2D eigenvalue weighted by Gasteiger charge is 2.47. The highest BCUT2D eigenvalue weighted by molar-refractivity contribution is 6.12. The summed E-state index contributed by atoms with van der Waals surface area (Å²) in [5.74, 6) is -6.06. The van der Waals surface area contributed by atoms with Crippen LogP contribution in [0, 0.1) is 23.4 Å². The Labute approximate surface area is 230 Å². The molecule has 0 bridgehead atoms. The lowest BCUT2D eigenvalue weighted by molar-refractivity contribution is -0.515. The van der Waals surface area contributed by atoms with Crippen LogP contribution in [0.5, 0.6) is 0 Å². The van der Waals surface area contributed by atoms with Crippen molar-refractivity contribution in [1.82, 2.24) is 4.98 Å². The van der Waals surface area contributed by atoms with Gasteiger partial charge in [-0.05, 0) is 54.8 Å². The van der Waals surface area contributed by atoms with E-state index in [0.717, 1.165) is 29.1 Å². The minimum absolute atomic E-state index is 0.0657. The van der Waals surface area contributed by atoms with Crippen LogP contribution in [0.4, 0.5) is 26.3 Å². The molecule has 4 rings (SSSR count). The molecule has 0 N–H and O–H groups in total. The van der Waals surface area contributed by atoms with Crippen LogP contribution >= 0.6 is 0 Å². The molecule has 0 amide bonds. The number of carbonyl (C=O) groups excluding carboxylic acids is 3. The van der Waals surface area contributed by atoms with E-state index in [0.29, 0.717) is 17.2 Å². The number of rotatable bonds is 10. The summed E-state index contributed by atoms with van der Waals surface area (Å²) in [5, 5.41) is 3.37. The van der Waals surface area contributed by atoms with Gasteiger partial charge in [0, 0.05) is 35.3 Å². The number of aromatic nitrogens is 1. The van der Waals surface area contributed by atoms with Gasteiger partial charge in [-0.15, -0.1) is 0 Å². The molecular weight excluding hydrogens is 552 g/mol. The van der Waals surface area contributed by atoms with Crippen LogP contribution in [0.1, 0.15) is 40.9 Å². The number of hydrogen-bond acceptors (Lipinski definition) is 5. The highest BCUT2D eigenvalue weighted by Crippen LogP contribution is 2.33. The fourth-order valence-corrected chi connectivity index (χ4v) is 4.68. The van der Waals surface area contributed by atoms with Crippen molar-refractivity contribution >= 4 is 29.8 Å². The molecule has 1 aliphatic rings. The first-order valence-electron chi connectivity index (χ1n) is 12.3. The molecule has 2 aromatic carbocycles. The SMILES string of the molecule is CC(=O)c1cc(-c2cccnc2[C@@H](CC(=O)C[N+]2=CC(C=O)C(C(F)(F)F)=N2)Cc2cc(F)cc(F)c2)ccc1F. The third-order valence-electron chi connectivity index (χ3n) is 6.42. The number of halogens is 6. The van der Waals surface area contributed by atoms with E-state index in [1.54, 1.807) is 12.1 Å². The maximum Gasteiger partial charge on any atom is 0.436 e. The number of nitrogens with zero attached hydrogens (tertiary/aromatic N) is 3. The van der Waals surface area contributed by atoms with E-state index in [-0.39, 0.29) is 35.9 Å². The van der Waals surface area contributed by atoms with Crippen molar-refractivity contribution in [2.24, 2.45) is 11.0 Å². The van der Waals surface area contributed by atoms with Crippen LogP contribution in [0.3, 0.4) is 0 Å². The van der Waals surface area contributed by atoms with Gasteiger partial charge in [-0.1, -0.05) is 16.8 Å². The van der Waals surface area contributed by atoms with Gasteiger partial charge in [0.2, 0.25) is 18.0 Å². The van der Waals surface area contributed by atoms with Crippen molar-refractivity contribution in [3.8, 4) is 11.1 Å². The van der Waals surface area contributed by atoms with Gasteiger partial charge < -0.3 is 4.79 Å². The largest absolute Gasteiger partial charge is 0.436 e. The summed E-state index contributed by atoms with van der Waals surface area (Å²) in [6, 6.07) is 9.87. The molecule has 2 heterocycles. The summed E-state index contributed by atoms with van der Waals surface area (Å²) < 4.78 is 82.6. The van der Waals surface area contributed by atoms with E-state index in [1.165, 1.54) is 25.3 Å². The molecule has 1 unspecified atom stereocenters. The topological polar surface area (TPSA) is 79.5 Å². The van der Waals surface area contributed by atoms with E-state index in [1.807, 2.05) is 0 Å². The number of pyridine rings is 1. The summed E-state index contributed by atoms with van der Waals surface area (Å²) >= 11 is 0. The van der Waals surface area contributed by atoms with Gasteiger partial charge in [0.05, 0.1) is 11.3 Å². The van der Waals surface area contributed by atoms with Crippen LogP contribution in [0.2, 0.25) is 0 Å². The van der Waals surface area contributed by atoms with Crippen LogP contribution in [0.15, 0.2) is 59.8 Å². The average Bonchev–Trinajstić information content (AvgIpc) is 3.31. The molecule has 0 fully saturated rings. The number of Topliss-reactive ketones (excluding diaryl/α,β-unsaturated/α-hetero) is 2. The quantitative estimate of drug-likeness (QED) is 0.139. The Morgan fingerprint density at radius 2 is 1.76 bits per heavy atom. The first-order valence-corrected chi connectivity index (χ1v) is 12.3. The Hall–Kier alpha value is -4.48. The first-order chi connectivity index (χ1) is 19.3. The Balaban J connectivity index is 1.71. The predicted molar refractivity (Wildman–Crippen MR) is 136 cm³/mol. The lowest BCUT2D eigenvalue weighted by Crippen LogP contribution is -2.30. The number of benzene rings is 2. The average molecular weight is 575 g/mol. The second kappa shape index (κ2) is 11.9. The van der Waals surface area contributed by atoms with E-state index in [2.05, 4.69) is 10.1 Å². The molecule has 1 aromatic heterocycles. The normalized spacial score (nSPS) is 15.7. The molecule has 41 heavy (non-hydrogen) atoms. The van der Waals surface area contributed by atoms with Crippen LogP contribution in [-0.4, -0.2) is 52.2 Å². The summed E-state index contributed by atoms with van der Waals surface area (Å²) in [6.07, 6.45) is -2.94. The van der Waals surface area contributed by atoms with Crippen LogP contribution in [0.25, 0.3) is 11.1 Å². The monoisotopic (exact) mass is 574 g/mol. The Bertz CT molecular complexity index is 1560. The standard InChI is InChI=1S/C29H22F6N3O3/c1-16(40)25-11-18(4-5-26(25)32)24-3-2-6-36-27(24)19(7-17-8-21(30)12-22(31)9-17)10-23(41)14-38-13-20(15-39)28(37-38)29(33,34)35/h2-6,8-9,11-13,15,19-20H,7,10,14H2,1H3/q+1/t19-,20?/m1/s1. The van der Waals surface area contributed by atoms with E-state index in [4.69, 9.17) is 0 Å². The van der Waals surface area contributed by atoms with E-state index < -0.39 is 59.3 Å². The van der Waals surface area contributed by atoms with Crippen LogP contribution in [-0.2, 0) is 16.0 Å². The number of hydrogen-bond donors (Lipinski definition) is 0. The van der Waals surface area contributed by atoms with Gasteiger partial charge in [0.25, 0.3) is 0 Å². The fourth-order valence-electron chi connectivity index (χ4n) is 4.68. The zero-order valence-electron chi connectivity index (χ0n) is 21.5. The zero-order chi connectivity index (χ0) is 29.9. The highest BCUT2D eigenvalue weighted by atomic mass is 19.4. The number of alkyl halides is 3. The molecular formula is C29H22F6N3O3+. The maximum absolute atomic E-state index is 14.2. The molecule has 212 valence electrons. The van der Waals surface area contributed by atoms with E-state index >= 15 is 0 Å². The smallest absolute Gasteiger partial charge is 0.302 e. The molecule has 0 saturated heterocycles. The maximum atomic E-state index is 14.2. The molecule has 3 aromatic rings. The number of ketones is 2. The van der Waals surface area contributed by atoms with Gasteiger partial charge in [0.15, 0.2) is 12.0 Å². The zero-order valence-corrected chi connectivity index (χ0v) is 21.5. The van der Waals surface area contributed by atoms with Gasteiger partial charge in [-0.2, -0.15) is 13.2 Å². The predicted octanol–water partition coefficient (Wildman–Crippen LogP) is 5.48. The van der Waals surface area contributed by atoms with Crippen molar-refractivity contribution in [2.45, 2.75) is 31.9 Å². The van der Waals surface area contributed by atoms with Gasteiger partial charge in [-0.3, -0.25) is 14.6 Å². The molecule has 6 nitrogen and oxygen atoms in total. The molecule has 0 spiro atoms. The summed E-state index contributed by atoms with van der Waals surface area (Å²) in [6.45, 7) is 0.592. The van der Waals surface area contributed by atoms with Crippen molar-refractivity contribution in [3.05, 3.63) is 89.0 Å². The van der Waals surface area contributed by atoms with Crippen molar-refractivity contribution in [3.63, 3.8) is 0 Å². The Kier molecular flexibility index (Phi) is 8.60. The lowest BCUT2D eigenvalue weighted by atomic mass is 9.86. The third-order valence-corrected chi connectivity index (χ3v) is 6.42. The van der Waals surface area contributed by atoms with Gasteiger partial charge in [0.1, 0.15) is 29.7 Å². The minimum Gasteiger partial charge on any atom is -0.302 e. The van der Waals surface area contributed by atoms with E-state index in [9.17, 15) is 40.7 Å². The summed E-state index contributed by atoms with van der Waals surface area (Å²) in [5.41, 5.74) is -0.255.